The molecule has 0 spiro atoms. The summed E-state index contributed by atoms with van der Waals surface area (Å²) in [6.45, 7) is 8.31. The molecular weight excluding hydrogens is 238 g/mol. The number of rotatable bonds is 6. The second kappa shape index (κ2) is 7.02. The van der Waals surface area contributed by atoms with E-state index in [1.165, 1.54) is 58.4 Å². The van der Waals surface area contributed by atoms with Crippen LogP contribution in [0.1, 0.15) is 45.4 Å². The van der Waals surface area contributed by atoms with Crippen molar-refractivity contribution in [1.29, 1.82) is 0 Å². The number of aliphatic hydroxyl groups excluding tert-OH is 1. The standard InChI is InChI=1S/C15H31N3O/c1-15(16,13-19)7-3-5-8-17-10-11-18-9-4-2-6-14(18)12-17/h14,19H,2-13,16H2,1H3. The zero-order valence-corrected chi connectivity index (χ0v) is 12.5. The van der Waals surface area contributed by atoms with Gasteiger partial charge in [0.1, 0.15) is 0 Å². The molecule has 2 aliphatic heterocycles. The first-order valence-corrected chi connectivity index (χ1v) is 7.97. The number of unbranched alkanes of at least 4 members (excludes halogenated alkanes) is 1. The van der Waals surface area contributed by atoms with Crippen LogP contribution in [0.4, 0.5) is 0 Å². The predicted octanol–water partition coefficient (Wildman–Crippen LogP) is 1.04. The lowest BCUT2D eigenvalue weighted by Gasteiger charge is -2.44. The molecule has 0 aliphatic carbocycles. The maximum absolute atomic E-state index is 9.13. The molecule has 4 heteroatoms. The number of piperidine rings is 1. The van der Waals surface area contributed by atoms with Gasteiger partial charge in [-0.05, 0) is 45.7 Å². The zero-order chi connectivity index (χ0) is 13.7. The van der Waals surface area contributed by atoms with Crippen molar-refractivity contribution < 1.29 is 5.11 Å². The highest BCUT2D eigenvalue weighted by molar-refractivity contribution is 4.85. The van der Waals surface area contributed by atoms with E-state index in [2.05, 4.69) is 9.80 Å². The fourth-order valence-corrected chi connectivity index (χ4v) is 3.37. The molecule has 19 heavy (non-hydrogen) atoms. The Morgan fingerprint density at radius 1 is 1.21 bits per heavy atom. The van der Waals surface area contributed by atoms with Gasteiger partial charge in [0.15, 0.2) is 0 Å². The molecule has 2 heterocycles. The van der Waals surface area contributed by atoms with Gasteiger partial charge in [-0.1, -0.05) is 12.8 Å². The van der Waals surface area contributed by atoms with Gasteiger partial charge < -0.3 is 15.7 Å². The van der Waals surface area contributed by atoms with Crippen LogP contribution in [-0.4, -0.2) is 65.8 Å². The van der Waals surface area contributed by atoms with Gasteiger partial charge in [-0.2, -0.15) is 0 Å². The Morgan fingerprint density at radius 2 is 2.05 bits per heavy atom. The first kappa shape index (κ1) is 15.2. The predicted molar refractivity (Wildman–Crippen MR) is 79.2 cm³/mol. The first-order chi connectivity index (χ1) is 9.11. The Labute approximate surface area is 117 Å². The summed E-state index contributed by atoms with van der Waals surface area (Å²) in [5, 5.41) is 9.13. The average molecular weight is 269 g/mol. The topological polar surface area (TPSA) is 52.7 Å². The Balaban J connectivity index is 1.62. The molecule has 2 saturated heterocycles. The molecule has 0 radical (unpaired) electrons. The van der Waals surface area contributed by atoms with E-state index in [0.29, 0.717) is 0 Å². The van der Waals surface area contributed by atoms with E-state index in [0.717, 1.165) is 18.9 Å². The number of piperazine rings is 1. The van der Waals surface area contributed by atoms with Crippen molar-refractivity contribution in [1.82, 2.24) is 9.80 Å². The molecule has 2 unspecified atom stereocenters. The molecule has 4 nitrogen and oxygen atoms in total. The van der Waals surface area contributed by atoms with Crippen molar-refractivity contribution >= 4 is 0 Å². The highest BCUT2D eigenvalue weighted by atomic mass is 16.3. The summed E-state index contributed by atoms with van der Waals surface area (Å²) in [7, 11) is 0. The van der Waals surface area contributed by atoms with Crippen molar-refractivity contribution in [3.8, 4) is 0 Å². The summed E-state index contributed by atoms with van der Waals surface area (Å²) in [5.74, 6) is 0. The molecule has 2 fully saturated rings. The molecular formula is C15H31N3O. The maximum Gasteiger partial charge on any atom is 0.0608 e. The number of nitrogens with two attached hydrogens (primary N) is 1. The second-order valence-corrected chi connectivity index (χ2v) is 6.76. The minimum Gasteiger partial charge on any atom is -0.394 e. The summed E-state index contributed by atoms with van der Waals surface area (Å²) in [6, 6.07) is 0.819. The minimum absolute atomic E-state index is 0.0910. The van der Waals surface area contributed by atoms with Gasteiger partial charge in [0, 0.05) is 31.2 Å². The quantitative estimate of drug-likeness (QED) is 0.707. The lowest BCUT2D eigenvalue weighted by molar-refractivity contribution is 0.0483. The van der Waals surface area contributed by atoms with Gasteiger partial charge in [-0.25, -0.2) is 0 Å². The summed E-state index contributed by atoms with van der Waals surface area (Å²) in [6.07, 6.45) is 7.45. The van der Waals surface area contributed by atoms with E-state index in [4.69, 9.17) is 10.8 Å². The maximum atomic E-state index is 9.13. The van der Waals surface area contributed by atoms with Crippen molar-refractivity contribution in [3.63, 3.8) is 0 Å². The summed E-state index contributed by atoms with van der Waals surface area (Å²) >= 11 is 0. The van der Waals surface area contributed by atoms with Gasteiger partial charge in [-0.3, -0.25) is 4.90 Å². The summed E-state index contributed by atoms with van der Waals surface area (Å²) in [5.41, 5.74) is 5.57. The highest BCUT2D eigenvalue weighted by Gasteiger charge is 2.28. The number of hydrogen-bond donors (Lipinski definition) is 2. The van der Waals surface area contributed by atoms with Gasteiger partial charge in [0.05, 0.1) is 6.61 Å². The van der Waals surface area contributed by atoms with Crippen LogP contribution in [0.15, 0.2) is 0 Å². The van der Waals surface area contributed by atoms with Crippen LogP contribution in [-0.2, 0) is 0 Å². The third-order valence-electron chi connectivity index (χ3n) is 4.75. The molecule has 2 aliphatic rings. The van der Waals surface area contributed by atoms with E-state index in [1.54, 1.807) is 0 Å². The third-order valence-corrected chi connectivity index (χ3v) is 4.75. The fourth-order valence-electron chi connectivity index (χ4n) is 3.37. The lowest BCUT2D eigenvalue weighted by atomic mass is 9.96. The largest absolute Gasteiger partial charge is 0.394 e. The minimum atomic E-state index is -0.387. The Kier molecular flexibility index (Phi) is 5.63. The fraction of sp³-hybridized carbons (Fsp3) is 1.00. The van der Waals surface area contributed by atoms with E-state index in [1.807, 2.05) is 6.92 Å². The van der Waals surface area contributed by atoms with Gasteiger partial charge >= 0.3 is 0 Å². The van der Waals surface area contributed by atoms with Crippen LogP contribution < -0.4 is 5.73 Å². The molecule has 112 valence electrons. The molecule has 0 amide bonds. The smallest absolute Gasteiger partial charge is 0.0608 e. The monoisotopic (exact) mass is 269 g/mol. The Morgan fingerprint density at radius 3 is 2.84 bits per heavy atom. The SMILES string of the molecule is CC(N)(CO)CCCCN1CCN2CCCCC2C1. The van der Waals surface area contributed by atoms with Crippen molar-refractivity contribution in [2.24, 2.45) is 5.73 Å². The Bertz CT molecular complexity index is 270. The molecule has 2 atom stereocenters. The molecule has 0 aromatic rings. The number of hydrogen-bond acceptors (Lipinski definition) is 4. The lowest BCUT2D eigenvalue weighted by Crippen LogP contribution is -2.54. The number of fused-ring (bicyclic) bond motifs is 1. The van der Waals surface area contributed by atoms with Crippen molar-refractivity contribution in [2.75, 3.05) is 39.3 Å². The van der Waals surface area contributed by atoms with Crippen molar-refractivity contribution in [2.45, 2.75) is 57.0 Å². The van der Waals surface area contributed by atoms with Crippen LogP contribution in [0.2, 0.25) is 0 Å². The number of nitrogens with zero attached hydrogens (tertiary/aromatic N) is 2. The van der Waals surface area contributed by atoms with Crippen LogP contribution in [0.5, 0.6) is 0 Å². The second-order valence-electron chi connectivity index (χ2n) is 6.76. The van der Waals surface area contributed by atoms with E-state index >= 15 is 0 Å². The van der Waals surface area contributed by atoms with Gasteiger partial charge in [0.2, 0.25) is 0 Å². The Hall–Kier alpha value is -0.160. The van der Waals surface area contributed by atoms with Crippen LogP contribution in [0, 0.1) is 0 Å². The molecule has 0 aromatic heterocycles. The third kappa shape index (κ3) is 4.71. The number of aliphatic hydroxyl groups is 1. The molecule has 0 saturated carbocycles. The van der Waals surface area contributed by atoms with Gasteiger partial charge in [-0.15, -0.1) is 0 Å². The van der Waals surface area contributed by atoms with E-state index in [-0.39, 0.29) is 12.1 Å². The molecule has 0 aromatic carbocycles. The molecule has 3 N–H and O–H groups in total. The summed E-state index contributed by atoms with van der Waals surface area (Å²) in [4.78, 5) is 5.31. The first-order valence-electron chi connectivity index (χ1n) is 7.97. The molecule has 0 bridgehead atoms. The van der Waals surface area contributed by atoms with Crippen LogP contribution in [0.25, 0.3) is 0 Å². The van der Waals surface area contributed by atoms with Crippen molar-refractivity contribution in [3.05, 3.63) is 0 Å². The van der Waals surface area contributed by atoms with Crippen LogP contribution in [0.3, 0.4) is 0 Å². The average Bonchev–Trinajstić information content (AvgIpc) is 2.43. The van der Waals surface area contributed by atoms with Crippen LogP contribution >= 0.6 is 0 Å². The van der Waals surface area contributed by atoms with Gasteiger partial charge in [0.25, 0.3) is 0 Å². The van der Waals surface area contributed by atoms with E-state index < -0.39 is 0 Å². The highest BCUT2D eigenvalue weighted by Crippen LogP contribution is 2.21. The summed E-state index contributed by atoms with van der Waals surface area (Å²) < 4.78 is 0. The normalized spacial score (nSPS) is 28.9. The molecule has 2 rings (SSSR count). The zero-order valence-electron chi connectivity index (χ0n) is 12.5. The van der Waals surface area contributed by atoms with E-state index in [9.17, 15) is 0 Å².